The van der Waals surface area contributed by atoms with Crippen LogP contribution in [0, 0.1) is 0 Å². The normalized spacial score (nSPS) is 13.7. The molecule has 0 atom stereocenters. The molecule has 0 saturated heterocycles. The minimum Gasteiger partial charge on any atom is -0.338 e. The highest BCUT2D eigenvalue weighted by Crippen LogP contribution is 2.25. The number of aromatic nitrogens is 3. The average molecular weight is 327 g/mol. The third kappa shape index (κ3) is 3.93. The van der Waals surface area contributed by atoms with E-state index in [9.17, 15) is 4.79 Å². The molecule has 0 fully saturated rings. The lowest BCUT2D eigenvalue weighted by Crippen LogP contribution is -2.47. The standard InChI is InChI=1S/C18H25N5O/c1-2-10-23(17-13-15-6-3-4-7-16(15)14-17)18(24)19-8-5-11-22-12-9-20-21-22/h3-4,6-7,9,12,17H,2,5,8,10-11,13-14H2,1H3,(H,19,24). The fourth-order valence-electron chi connectivity index (χ4n) is 3.34. The fourth-order valence-corrected chi connectivity index (χ4v) is 3.34. The number of hydrogen-bond acceptors (Lipinski definition) is 3. The van der Waals surface area contributed by atoms with Crippen LogP contribution in [0.4, 0.5) is 4.79 Å². The van der Waals surface area contributed by atoms with Gasteiger partial charge in [-0.1, -0.05) is 36.4 Å². The summed E-state index contributed by atoms with van der Waals surface area (Å²) in [5.74, 6) is 0. The van der Waals surface area contributed by atoms with Crippen LogP contribution in [-0.4, -0.2) is 45.1 Å². The van der Waals surface area contributed by atoms with E-state index in [1.807, 2.05) is 11.1 Å². The molecule has 0 bridgehead atoms. The van der Waals surface area contributed by atoms with Gasteiger partial charge in [-0.15, -0.1) is 5.10 Å². The minimum absolute atomic E-state index is 0.0493. The molecule has 1 aliphatic rings. The van der Waals surface area contributed by atoms with Gasteiger partial charge in [-0.05, 0) is 36.8 Å². The molecule has 1 N–H and O–H groups in total. The predicted molar refractivity (Wildman–Crippen MR) is 92.7 cm³/mol. The van der Waals surface area contributed by atoms with Crippen LogP contribution in [-0.2, 0) is 19.4 Å². The van der Waals surface area contributed by atoms with Gasteiger partial charge in [0.1, 0.15) is 0 Å². The average Bonchev–Trinajstić information content (AvgIpc) is 3.25. The number of benzene rings is 1. The van der Waals surface area contributed by atoms with Crippen molar-refractivity contribution in [2.24, 2.45) is 0 Å². The van der Waals surface area contributed by atoms with Crippen LogP contribution in [0.15, 0.2) is 36.7 Å². The van der Waals surface area contributed by atoms with Crippen LogP contribution in [0.25, 0.3) is 0 Å². The van der Waals surface area contributed by atoms with E-state index < -0.39 is 0 Å². The maximum atomic E-state index is 12.6. The van der Waals surface area contributed by atoms with Gasteiger partial charge in [-0.25, -0.2) is 4.79 Å². The summed E-state index contributed by atoms with van der Waals surface area (Å²) in [5.41, 5.74) is 2.75. The second-order valence-electron chi connectivity index (χ2n) is 6.28. The van der Waals surface area contributed by atoms with Crippen molar-refractivity contribution in [2.75, 3.05) is 13.1 Å². The Morgan fingerprint density at radius 1 is 1.33 bits per heavy atom. The zero-order valence-electron chi connectivity index (χ0n) is 14.2. The Hall–Kier alpha value is -2.37. The number of urea groups is 1. The highest BCUT2D eigenvalue weighted by Gasteiger charge is 2.29. The Labute approximate surface area is 142 Å². The van der Waals surface area contributed by atoms with Crippen LogP contribution >= 0.6 is 0 Å². The van der Waals surface area contributed by atoms with Crippen molar-refractivity contribution in [3.05, 3.63) is 47.8 Å². The maximum Gasteiger partial charge on any atom is 0.317 e. The zero-order valence-corrected chi connectivity index (χ0v) is 14.2. The first kappa shape index (κ1) is 16.5. The van der Waals surface area contributed by atoms with E-state index in [2.05, 4.69) is 46.8 Å². The van der Waals surface area contributed by atoms with Gasteiger partial charge in [0.25, 0.3) is 0 Å². The summed E-state index contributed by atoms with van der Waals surface area (Å²) < 4.78 is 1.78. The van der Waals surface area contributed by atoms with Crippen molar-refractivity contribution in [3.63, 3.8) is 0 Å². The first-order valence-electron chi connectivity index (χ1n) is 8.73. The third-order valence-corrected chi connectivity index (χ3v) is 4.51. The summed E-state index contributed by atoms with van der Waals surface area (Å²) >= 11 is 0. The molecule has 0 aliphatic heterocycles. The Morgan fingerprint density at radius 2 is 2.08 bits per heavy atom. The highest BCUT2D eigenvalue weighted by atomic mass is 16.2. The van der Waals surface area contributed by atoms with Gasteiger partial charge < -0.3 is 10.2 Å². The fraction of sp³-hybridized carbons (Fsp3) is 0.500. The molecule has 0 saturated carbocycles. The van der Waals surface area contributed by atoms with E-state index in [-0.39, 0.29) is 12.1 Å². The van der Waals surface area contributed by atoms with Crippen molar-refractivity contribution in [2.45, 2.75) is 45.2 Å². The summed E-state index contributed by atoms with van der Waals surface area (Å²) in [6.45, 7) is 4.34. The number of carbonyl (C=O) groups is 1. The van der Waals surface area contributed by atoms with Gasteiger partial charge in [0, 0.05) is 31.9 Å². The molecule has 6 nitrogen and oxygen atoms in total. The number of carbonyl (C=O) groups excluding carboxylic acids is 1. The van der Waals surface area contributed by atoms with Gasteiger partial charge in [0.2, 0.25) is 0 Å². The molecule has 3 rings (SSSR count). The Kier molecular flexibility index (Phi) is 5.46. The number of hydrogen-bond donors (Lipinski definition) is 1. The first-order chi connectivity index (χ1) is 11.8. The Bertz CT molecular complexity index is 630. The van der Waals surface area contributed by atoms with Crippen LogP contribution in [0.5, 0.6) is 0 Å². The van der Waals surface area contributed by atoms with E-state index >= 15 is 0 Å². The van der Waals surface area contributed by atoms with Gasteiger partial charge in [0.15, 0.2) is 0 Å². The van der Waals surface area contributed by atoms with Crippen LogP contribution in [0.1, 0.15) is 30.9 Å². The molecule has 0 unspecified atom stereocenters. The summed E-state index contributed by atoms with van der Waals surface area (Å²) in [4.78, 5) is 14.6. The van der Waals surface area contributed by atoms with Gasteiger partial charge in [-0.2, -0.15) is 0 Å². The minimum atomic E-state index is 0.0493. The molecule has 128 valence electrons. The van der Waals surface area contributed by atoms with Crippen molar-refractivity contribution in [3.8, 4) is 0 Å². The predicted octanol–water partition coefficient (Wildman–Crippen LogP) is 2.26. The molecular weight excluding hydrogens is 302 g/mol. The summed E-state index contributed by atoms with van der Waals surface area (Å²) in [5, 5.41) is 10.8. The van der Waals surface area contributed by atoms with Crippen molar-refractivity contribution in [1.82, 2.24) is 25.2 Å². The smallest absolute Gasteiger partial charge is 0.317 e. The molecule has 2 aromatic rings. The second kappa shape index (κ2) is 7.95. The molecule has 1 aromatic heterocycles. The van der Waals surface area contributed by atoms with E-state index in [0.29, 0.717) is 6.54 Å². The molecule has 0 radical (unpaired) electrons. The van der Waals surface area contributed by atoms with E-state index in [1.54, 1.807) is 10.9 Å². The van der Waals surface area contributed by atoms with Crippen molar-refractivity contribution in [1.29, 1.82) is 0 Å². The van der Waals surface area contributed by atoms with Gasteiger partial charge in [-0.3, -0.25) is 4.68 Å². The summed E-state index contributed by atoms with van der Waals surface area (Å²) in [6, 6.07) is 8.83. The highest BCUT2D eigenvalue weighted by molar-refractivity contribution is 5.74. The molecule has 1 aromatic carbocycles. The molecule has 2 amide bonds. The number of aryl methyl sites for hydroxylation is 1. The number of amides is 2. The third-order valence-electron chi connectivity index (χ3n) is 4.51. The SMILES string of the molecule is CCCN(C(=O)NCCCn1ccnn1)C1Cc2ccccc2C1. The zero-order chi connectivity index (χ0) is 16.8. The number of fused-ring (bicyclic) bond motifs is 1. The van der Waals surface area contributed by atoms with Gasteiger partial charge >= 0.3 is 6.03 Å². The van der Waals surface area contributed by atoms with Crippen molar-refractivity contribution < 1.29 is 4.79 Å². The number of rotatable bonds is 7. The first-order valence-corrected chi connectivity index (χ1v) is 8.73. The summed E-state index contributed by atoms with van der Waals surface area (Å²) in [6.07, 6.45) is 7.24. The van der Waals surface area contributed by atoms with Crippen LogP contribution in [0.2, 0.25) is 0 Å². The lowest BCUT2D eigenvalue weighted by molar-refractivity contribution is 0.176. The Balaban J connectivity index is 1.50. The number of nitrogens with zero attached hydrogens (tertiary/aromatic N) is 4. The van der Waals surface area contributed by atoms with Crippen LogP contribution in [0.3, 0.4) is 0 Å². The maximum absolute atomic E-state index is 12.6. The lowest BCUT2D eigenvalue weighted by atomic mass is 10.1. The molecule has 24 heavy (non-hydrogen) atoms. The Morgan fingerprint density at radius 3 is 2.71 bits per heavy atom. The lowest BCUT2D eigenvalue weighted by Gasteiger charge is -2.29. The monoisotopic (exact) mass is 327 g/mol. The molecule has 1 heterocycles. The van der Waals surface area contributed by atoms with Crippen molar-refractivity contribution >= 4 is 6.03 Å². The van der Waals surface area contributed by atoms with E-state index in [1.165, 1.54) is 11.1 Å². The quantitative estimate of drug-likeness (QED) is 0.794. The molecule has 6 heteroatoms. The van der Waals surface area contributed by atoms with Crippen LogP contribution < -0.4 is 5.32 Å². The largest absolute Gasteiger partial charge is 0.338 e. The molecule has 1 aliphatic carbocycles. The number of nitrogens with one attached hydrogen (secondary N) is 1. The molecule has 0 spiro atoms. The van der Waals surface area contributed by atoms with E-state index in [4.69, 9.17) is 0 Å². The van der Waals surface area contributed by atoms with E-state index in [0.717, 1.165) is 38.8 Å². The molecular formula is C18H25N5O. The summed E-state index contributed by atoms with van der Waals surface area (Å²) in [7, 11) is 0. The second-order valence-corrected chi connectivity index (χ2v) is 6.28. The van der Waals surface area contributed by atoms with Gasteiger partial charge in [0.05, 0.1) is 6.20 Å². The topological polar surface area (TPSA) is 63.1 Å².